The average molecular weight is 342 g/mol. The molecule has 0 bridgehead atoms. The van der Waals surface area contributed by atoms with Crippen molar-refractivity contribution < 1.29 is 0 Å². The van der Waals surface area contributed by atoms with Gasteiger partial charge in [-0.15, -0.1) is 11.3 Å². The van der Waals surface area contributed by atoms with E-state index in [1.807, 2.05) is 18.7 Å². The Morgan fingerprint density at radius 1 is 1.47 bits per heavy atom. The van der Waals surface area contributed by atoms with Crippen molar-refractivity contribution in [2.24, 2.45) is 5.41 Å². The van der Waals surface area contributed by atoms with E-state index in [1.165, 1.54) is 4.88 Å². The van der Waals surface area contributed by atoms with Gasteiger partial charge in [0, 0.05) is 46.3 Å². The lowest BCUT2D eigenvalue weighted by Gasteiger charge is -2.32. The van der Waals surface area contributed by atoms with Crippen LogP contribution in [0.3, 0.4) is 0 Å². The van der Waals surface area contributed by atoms with Crippen LogP contribution < -0.4 is 5.32 Å². The summed E-state index contributed by atoms with van der Waals surface area (Å²) in [6.07, 6.45) is 5.72. The predicted octanol–water partition coefficient (Wildman–Crippen LogP) is 3.91. The molecule has 0 amide bonds. The first kappa shape index (κ1) is 14.8. The van der Waals surface area contributed by atoms with Gasteiger partial charge >= 0.3 is 0 Å². The lowest BCUT2D eigenvalue weighted by molar-refractivity contribution is 0.240. The first-order chi connectivity index (χ1) is 8.95. The van der Waals surface area contributed by atoms with Gasteiger partial charge in [-0.2, -0.15) is 0 Å². The van der Waals surface area contributed by atoms with E-state index in [2.05, 4.69) is 63.0 Å². The second kappa shape index (κ2) is 6.20. The maximum Gasteiger partial charge on any atom is 0.0946 e. The van der Waals surface area contributed by atoms with E-state index >= 15 is 0 Å². The molecule has 2 rings (SSSR count). The number of hydrogen-bond donors (Lipinski definition) is 1. The molecule has 0 fully saturated rings. The van der Waals surface area contributed by atoms with E-state index in [0.717, 1.165) is 17.6 Å². The van der Waals surface area contributed by atoms with Crippen LogP contribution in [-0.2, 0) is 13.1 Å². The normalized spacial score (nSPS) is 13.7. The lowest BCUT2D eigenvalue weighted by atomic mass is 9.86. The van der Waals surface area contributed by atoms with Crippen molar-refractivity contribution in [3.8, 4) is 0 Å². The molecule has 0 aliphatic heterocycles. The van der Waals surface area contributed by atoms with Crippen LogP contribution in [0.25, 0.3) is 0 Å². The number of aromatic nitrogens is 2. The number of hydrogen-bond acceptors (Lipinski definition) is 3. The highest BCUT2D eigenvalue weighted by molar-refractivity contribution is 9.10. The quantitative estimate of drug-likeness (QED) is 0.893. The lowest BCUT2D eigenvalue weighted by Crippen LogP contribution is -2.42. The van der Waals surface area contributed by atoms with Gasteiger partial charge in [0.2, 0.25) is 0 Å². The standard InChI is InChI=1S/C14H20BrN3S/c1-14(2,3)13(8-18-5-4-16-10-18)17-7-12-6-11(15)9-19-12/h4-6,9-10,13,17H,7-8H2,1-3H3/t13-/m1/s1. The van der Waals surface area contributed by atoms with Crippen LogP contribution in [0.1, 0.15) is 25.6 Å². The zero-order valence-corrected chi connectivity index (χ0v) is 14.0. The molecular formula is C14H20BrN3S. The molecule has 0 spiro atoms. The monoisotopic (exact) mass is 341 g/mol. The van der Waals surface area contributed by atoms with Gasteiger partial charge in [-0.3, -0.25) is 0 Å². The molecule has 2 heterocycles. The zero-order valence-electron chi connectivity index (χ0n) is 11.6. The summed E-state index contributed by atoms with van der Waals surface area (Å²) >= 11 is 5.28. The summed E-state index contributed by atoms with van der Waals surface area (Å²) < 4.78 is 3.30. The molecule has 1 N–H and O–H groups in total. The fourth-order valence-electron chi connectivity index (χ4n) is 1.92. The summed E-state index contributed by atoms with van der Waals surface area (Å²) in [4.78, 5) is 5.46. The summed E-state index contributed by atoms with van der Waals surface area (Å²) in [6, 6.07) is 2.58. The fraction of sp³-hybridized carbons (Fsp3) is 0.500. The van der Waals surface area contributed by atoms with Gasteiger partial charge in [-0.05, 0) is 27.4 Å². The van der Waals surface area contributed by atoms with Crippen LogP contribution in [0.4, 0.5) is 0 Å². The summed E-state index contributed by atoms with van der Waals surface area (Å²) in [6.45, 7) is 8.66. The van der Waals surface area contributed by atoms with Gasteiger partial charge in [0.15, 0.2) is 0 Å². The number of thiophene rings is 1. The fourth-order valence-corrected chi connectivity index (χ4v) is 3.32. The van der Waals surface area contributed by atoms with Crippen molar-refractivity contribution in [3.63, 3.8) is 0 Å². The van der Waals surface area contributed by atoms with Gasteiger partial charge in [0.1, 0.15) is 0 Å². The minimum Gasteiger partial charge on any atom is -0.336 e. The van der Waals surface area contributed by atoms with E-state index in [1.54, 1.807) is 11.3 Å². The number of rotatable bonds is 5. The molecule has 19 heavy (non-hydrogen) atoms. The Kier molecular flexibility index (Phi) is 4.81. The molecule has 3 nitrogen and oxygen atoms in total. The van der Waals surface area contributed by atoms with Gasteiger partial charge in [0.25, 0.3) is 0 Å². The summed E-state index contributed by atoms with van der Waals surface area (Å²) in [7, 11) is 0. The third-order valence-corrected chi connectivity index (χ3v) is 4.84. The van der Waals surface area contributed by atoms with Crippen LogP contribution in [-0.4, -0.2) is 15.6 Å². The minimum atomic E-state index is 0.207. The Bertz CT molecular complexity index is 499. The molecule has 0 saturated carbocycles. The Labute approximate surface area is 127 Å². The molecule has 0 aromatic carbocycles. The summed E-state index contributed by atoms with van der Waals surface area (Å²) in [5.41, 5.74) is 0.207. The molecule has 1 atom stereocenters. The Hall–Kier alpha value is -0.650. The van der Waals surface area contributed by atoms with Crippen molar-refractivity contribution in [1.82, 2.24) is 14.9 Å². The van der Waals surface area contributed by atoms with E-state index in [9.17, 15) is 0 Å². The van der Waals surface area contributed by atoms with Gasteiger partial charge in [-0.1, -0.05) is 20.8 Å². The maximum absolute atomic E-state index is 4.11. The topological polar surface area (TPSA) is 29.9 Å². The molecule has 0 unspecified atom stereocenters. The molecular weight excluding hydrogens is 322 g/mol. The van der Waals surface area contributed by atoms with Crippen LogP contribution in [0.5, 0.6) is 0 Å². The number of halogens is 1. The second-order valence-corrected chi connectivity index (χ2v) is 7.70. The zero-order chi connectivity index (χ0) is 13.9. The van der Waals surface area contributed by atoms with Crippen molar-refractivity contribution >= 4 is 27.3 Å². The van der Waals surface area contributed by atoms with Crippen LogP contribution in [0.15, 0.2) is 34.6 Å². The van der Waals surface area contributed by atoms with Crippen LogP contribution >= 0.6 is 27.3 Å². The van der Waals surface area contributed by atoms with E-state index in [-0.39, 0.29) is 5.41 Å². The van der Waals surface area contributed by atoms with E-state index in [0.29, 0.717) is 6.04 Å². The van der Waals surface area contributed by atoms with E-state index in [4.69, 9.17) is 0 Å². The van der Waals surface area contributed by atoms with Crippen molar-refractivity contribution in [2.45, 2.75) is 39.9 Å². The average Bonchev–Trinajstić information content (AvgIpc) is 2.94. The van der Waals surface area contributed by atoms with Crippen LogP contribution in [0, 0.1) is 5.41 Å². The van der Waals surface area contributed by atoms with Crippen molar-refractivity contribution in [2.75, 3.05) is 0 Å². The highest BCUT2D eigenvalue weighted by Gasteiger charge is 2.24. The first-order valence-corrected chi connectivity index (χ1v) is 8.04. The molecule has 2 aromatic rings. The second-order valence-electron chi connectivity index (χ2n) is 5.79. The molecule has 0 aliphatic carbocycles. The third-order valence-electron chi connectivity index (χ3n) is 3.14. The number of nitrogens with one attached hydrogen (secondary N) is 1. The molecule has 0 aliphatic rings. The SMILES string of the molecule is CC(C)(C)[C@@H](Cn1ccnc1)NCc1cc(Br)cs1. The van der Waals surface area contributed by atoms with Crippen LogP contribution in [0.2, 0.25) is 0 Å². The smallest absolute Gasteiger partial charge is 0.0946 e. The molecule has 0 radical (unpaired) electrons. The predicted molar refractivity (Wildman–Crippen MR) is 84.3 cm³/mol. The van der Waals surface area contributed by atoms with Crippen molar-refractivity contribution in [1.29, 1.82) is 0 Å². The maximum atomic E-state index is 4.11. The van der Waals surface area contributed by atoms with Gasteiger partial charge in [-0.25, -0.2) is 4.98 Å². The Morgan fingerprint density at radius 3 is 2.79 bits per heavy atom. The Balaban J connectivity index is 1.98. The Morgan fingerprint density at radius 2 is 2.26 bits per heavy atom. The third kappa shape index (κ3) is 4.44. The first-order valence-electron chi connectivity index (χ1n) is 6.37. The summed E-state index contributed by atoms with van der Waals surface area (Å²) in [5.74, 6) is 0. The van der Waals surface area contributed by atoms with Gasteiger partial charge < -0.3 is 9.88 Å². The number of imidazole rings is 1. The highest BCUT2D eigenvalue weighted by Crippen LogP contribution is 2.23. The molecule has 0 saturated heterocycles. The highest BCUT2D eigenvalue weighted by atomic mass is 79.9. The molecule has 104 valence electrons. The van der Waals surface area contributed by atoms with E-state index < -0.39 is 0 Å². The van der Waals surface area contributed by atoms with Gasteiger partial charge in [0.05, 0.1) is 6.33 Å². The van der Waals surface area contributed by atoms with Crippen molar-refractivity contribution in [3.05, 3.63) is 39.5 Å². The molecule has 2 aromatic heterocycles. The summed E-state index contributed by atoms with van der Waals surface area (Å²) in [5, 5.41) is 5.79. The minimum absolute atomic E-state index is 0.207. The largest absolute Gasteiger partial charge is 0.336 e. The molecule has 5 heteroatoms. The number of nitrogens with zero attached hydrogens (tertiary/aromatic N) is 2.